The average Bonchev–Trinajstić information content (AvgIpc) is 3.28. The van der Waals surface area contributed by atoms with E-state index in [1.54, 1.807) is 13.2 Å². The van der Waals surface area contributed by atoms with E-state index in [1.807, 2.05) is 30.3 Å². The van der Waals surface area contributed by atoms with Crippen LogP contribution in [-0.2, 0) is 12.8 Å². The molecule has 0 amide bonds. The first kappa shape index (κ1) is 18.5. The molecule has 30 heavy (non-hydrogen) atoms. The maximum atomic E-state index is 10.2. The van der Waals surface area contributed by atoms with Crippen molar-refractivity contribution in [1.29, 1.82) is 0 Å². The molecule has 0 aliphatic heterocycles. The number of hydrogen-bond donors (Lipinski definition) is 2. The molecule has 0 fully saturated rings. The molecule has 2 atom stereocenters. The van der Waals surface area contributed by atoms with Gasteiger partial charge in [0.05, 0.1) is 12.8 Å². The van der Waals surface area contributed by atoms with Crippen molar-refractivity contribution < 1.29 is 9.84 Å². The average molecular weight is 396 g/mol. The van der Waals surface area contributed by atoms with Crippen LogP contribution in [0, 0.1) is 0 Å². The molecular weight excluding hydrogens is 372 g/mol. The maximum absolute atomic E-state index is 10.2. The Morgan fingerprint density at radius 2 is 1.53 bits per heavy atom. The molecule has 1 aliphatic rings. The van der Waals surface area contributed by atoms with E-state index in [2.05, 4.69) is 52.7 Å². The molecule has 2 N–H and O–H groups in total. The van der Waals surface area contributed by atoms with Gasteiger partial charge in [-0.3, -0.25) is 5.10 Å². The zero-order valence-corrected chi connectivity index (χ0v) is 16.9. The van der Waals surface area contributed by atoms with Crippen molar-refractivity contribution in [2.45, 2.75) is 24.7 Å². The van der Waals surface area contributed by atoms with E-state index in [1.165, 1.54) is 16.7 Å². The highest BCUT2D eigenvalue weighted by atomic mass is 16.5. The number of methoxy groups -OCH3 is 1. The number of para-hydroxylation sites is 1. The number of rotatable bonds is 4. The largest absolute Gasteiger partial charge is 0.507 e. The Morgan fingerprint density at radius 3 is 2.23 bits per heavy atom. The van der Waals surface area contributed by atoms with Gasteiger partial charge in [-0.05, 0) is 65.8 Å². The molecule has 0 radical (unpaired) electrons. The molecule has 4 heteroatoms. The first-order chi connectivity index (χ1) is 14.7. The quantitative estimate of drug-likeness (QED) is 0.482. The van der Waals surface area contributed by atoms with Gasteiger partial charge >= 0.3 is 0 Å². The predicted molar refractivity (Wildman–Crippen MR) is 118 cm³/mol. The van der Waals surface area contributed by atoms with Crippen molar-refractivity contribution >= 4 is 0 Å². The summed E-state index contributed by atoms with van der Waals surface area (Å²) in [6, 6.07) is 26.5. The minimum absolute atomic E-state index is 0.247. The zero-order chi connectivity index (χ0) is 20.5. The lowest BCUT2D eigenvalue weighted by atomic mass is 9.71. The number of phenolic OH excluding ortho intramolecular Hbond substituents is 1. The Balaban J connectivity index is 1.54. The molecule has 1 heterocycles. The summed E-state index contributed by atoms with van der Waals surface area (Å²) in [5.74, 6) is 1.73. The van der Waals surface area contributed by atoms with Crippen LogP contribution in [0.2, 0.25) is 0 Å². The van der Waals surface area contributed by atoms with Gasteiger partial charge in [0.25, 0.3) is 0 Å². The molecule has 5 rings (SSSR count). The normalized spacial score (nSPS) is 18.0. The number of hydrogen-bond acceptors (Lipinski definition) is 3. The van der Waals surface area contributed by atoms with Gasteiger partial charge in [-0.25, -0.2) is 0 Å². The Bertz CT molecular complexity index is 1160. The van der Waals surface area contributed by atoms with Crippen molar-refractivity contribution in [1.82, 2.24) is 10.2 Å². The molecule has 150 valence electrons. The van der Waals surface area contributed by atoms with Gasteiger partial charge in [-0.2, -0.15) is 5.10 Å². The van der Waals surface area contributed by atoms with Crippen molar-refractivity contribution in [3.05, 3.63) is 101 Å². The molecule has 0 spiro atoms. The van der Waals surface area contributed by atoms with Crippen molar-refractivity contribution in [3.8, 4) is 22.8 Å². The number of nitrogens with one attached hydrogen (secondary N) is 1. The summed E-state index contributed by atoms with van der Waals surface area (Å²) in [6.07, 6.45) is 1.94. The second-order valence-corrected chi connectivity index (χ2v) is 7.89. The predicted octanol–water partition coefficient (Wildman–Crippen LogP) is 5.46. The van der Waals surface area contributed by atoms with Gasteiger partial charge in [0.1, 0.15) is 11.5 Å². The highest BCUT2D eigenvalue weighted by Crippen LogP contribution is 2.43. The van der Waals surface area contributed by atoms with Crippen LogP contribution in [0.3, 0.4) is 0 Å². The molecular formula is C26H24N2O2. The number of phenols is 1. The van der Waals surface area contributed by atoms with Gasteiger partial charge in [0.2, 0.25) is 0 Å². The van der Waals surface area contributed by atoms with Crippen molar-refractivity contribution in [3.63, 3.8) is 0 Å². The van der Waals surface area contributed by atoms with Gasteiger partial charge < -0.3 is 9.84 Å². The van der Waals surface area contributed by atoms with Crippen LogP contribution in [0.15, 0.2) is 78.9 Å². The molecule has 2 unspecified atom stereocenters. The smallest absolute Gasteiger partial charge is 0.125 e. The number of ether oxygens (including phenoxy) is 1. The highest BCUT2D eigenvalue weighted by Gasteiger charge is 2.32. The lowest BCUT2D eigenvalue weighted by Gasteiger charge is -2.33. The van der Waals surface area contributed by atoms with Crippen LogP contribution in [0.4, 0.5) is 0 Å². The van der Waals surface area contributed by atoms with E-state index >= 15 is 0 Å². The first-order valence-corrected chi connectivity index (χ1v) is 10.3. The van der Waals surface area contributed by atoms with Crippen LogP contribution in [0.1, 0.15) is 34.2 Å². The third-order valence-corrected chi connectivity index (χ3v) is 6.20. The number of H-pyrrole nitrogens is 1. The third-order valence-electron chi connectivity index (χ3n) is 6.20. The summed E-state index contributed by atoms with van der Waals surface area (Å²) in [7, 11) is 1.69. The fourth-order valence-electron chi connectivity index (χ4n) is 4.60. The summed E-state index contributed by atoms with van der Waals surface area (Å²) < 4.78 is 5.35. The second kappa shape index (κ2) is 7.71. The summed E-state index contributed by atoms with van der Waals surface area (Å²) >= 11 is 0. The third kappa shape index (κ3) is 3.35. The summed E-state index contributed by atoms with van der Waals surface area (Å²) in [4.78, 5) is 0. The Kier molecular flexibility index (Phi) is 4.75. The topological polar surface area (TPSA) is 58.1 Å². The SMILES string of the molecule is COc1ccc(C2Cc3ccccc3CC2c2cc(-c3ccccc3O)n[nH]2)cc1. The number of aromatic nitrogens is 2. The maximum Gasteiger partial charge on any atom is 0.125 e. The Morgan fingerprint density at radius 1 is 0.867 bits per heavy atom. The van der Waals surface area contributed by atoms with Gasteiger partial charge in [0, 0.05) is 17.2 Å². The molecule has 0 saturated heterocycles. The lowest BCUT2D eigenvalue weighted by Crippen LogP contribution is -2.22. The van der Waals surface area contributed by atoms with E-state index in [4.69, 9.17) is 4.74 Å². The molecule has 0 saturated carbocycles. The summed E-state index contributed by atoms with van der Waals surface area (Å²) in [5, 5.41) is 18.0. The number of fused-ring (bicyclic) bond motifs is 1. The minimum Gasteiger partial charge on any atom is -0.507 e. The number of aromatic amines is 1. The van der Waals surface area contributed by atoms with Crippen molar-refractivity contribution in [2.75, 3.05) is 7.11 Å². The molecule has 1 aliphatic carbocycles. The fraction of sp³-hybridized carbons (Fsp3) is 0.192. The molecule has 4 aromatic rings. The summed E-state index contributed by atoms with van der Waals surface area (Å²) in [5.41, 5.74) is 6.73. The number of benzene rings is 3. The van der Waals surface area contributed by atoms with Crippen LogP contribution in [0.25, 0.3) is 11.3 Å². The first-order valence-electron chi connectivity index (χ1n) is 10.3. The number of nitrogens with zero attached hydrogens (tertiary/aromatic N) is 1. The van der Waals surface area contributed by atoms with Crippen LogP contribution < -0.4 is 4.74 Å². The van der Waals surface area contributed by atoms with E-state index in [0.29, 0.717) is 5.92 Å². The monoisotopic (exact) mass is 396 g/mol. The van der Waals surface area contributed by atoms with E-state index < -0.39 is 0 Å². The molecule has 0 bridgehead atoms. The standard InChI is InChI=1S/C26H24N2O2/c1-30-20-12-10-17(11-13-20)22-14-18-6-2-3-7-19(18)15-23(22)25-16-24(27-28-25)21-8-4-5-9-26(21)29/h2-13,16,22-23,29H,14-15H2,1H3,(H,27,28). The molecule has 3 aromatic carbocycles. The fourth-order valence-corrected chi connectivity index (χ4v) is 4.60. The highest BCUT2D eigenvalue weighted by molar-refractivity contribution is 5.66. The number of aromatic hydroxyl groups is 1. The Labute approximate surface area is 176 Å². The van der Waals surface area contributed by atoms with E-state index in [0.717, 1.165) is 35.5 Å². The van der Waals surface area contributed by atoms with Gasteiger partial charge in [-0.1, -0.05) is 48.5 Å². The lowest BCUT2D eigenvalue weighted by molar-refractivity contribution is 0.414. The van der Waals surface area contributed by atoms with Crippen LogP contribution in [0.5, 0.6) is 11.5 Å². The summed E-state index contributed by atoms with van der Waals surface area (Å²) in [6.45, 7) is 0. The molecule has 4 nitrogen and oxygen atoms in total. The van der Waals surface area contributed by atoms with Crippen LogP contribution in [-0.4, -0.2) is 22.4 Å². The molecule has 1 aromatic heterocycles. The van der Waals surface area contributed by atoms with E-state index in [9.17, 15) is 5.11 Å². The Hall–Kier alpha value is -3.53. The minimum atomic E-state index is 0.247. The van der Waals surface area contributed by atoms with E-state index in [-0.39, 0.29) is 11.7 Å². The van der Waals surface area contributed by atoms with Crippen molar-refractivity contribution in [2.24, 2.45) is 0 Å². The van der Waals surface area contributed by atoms with Gasteiger partial charge in [0.15, 0.2) is 0 Å². The zero-order valence-electron chi connectivity index (χ0n) is 16.9. The van der Waals surface area contributed by atoms with Gasteiger partial charge in [-0.15, -0.1) is 0 Å². The van der Waals surface area contributed by atoms with Crippen LogP contribution >= 0.6 is 0 Å². The second-order valence-electron chi connectivity index (χ2n) is 7.89.